The highest BCUT2D eigenvalue weighted by molar-refractivity contribution is 9.10. The van der Waals surface area contributed by atoms with Gasteiger partial charge in [0, 0.05) is 0 Å². The zero-order valence-corrected chi connectivity index (χ0v) is 15.4. The first-order valence-corrected chi connectivity index (χ1v) is 8.20. The van der Waals surface area contributed by atoms with E-state index in [0.717, 1.165) is 11.1 Å². The van der Waals surface area contributed by atoms with Crippen LogP contribution < -0.4 is 5.73 Å². The van der Waals surface area contributed by atoms with Crippen molar-refractivity contribution in [1.29, 1.82) is 5.26 Å². The van der Waals surface area contributed by atoms with Gasteiger partial charge in [-0.05, 0) is 47.8 Å². The molecule has 1 heterocycles. The summed E-state index contributed by atoms with van der Waals surface area (Å²) in [5.74, 6) is 0.0386. The summed E-state index contributed by atoms with van der Waals surface area (Å²) in [4.78, 5) is 16.0. The monoisotopic (exact) mass is 390 g/mol. The predicted octanol–water partition coefficient (Wildman–Crippen LogP) is 3.03. The number of carbonyl (C=O) groups excluding carboxylic acids is 1. The van der Waals surface area contributed by atoms with E-state index < -0.39 is 5.60 Å². The van der Waals surface area contributed by atoms with Gasteiger partial charge in [0.05, 0.1) is 13.0 Å². The Labute approximate surface area is 149 Å². The largest absolute Gasteiger partial charge is 0.460 e. The summed E-state index contributed by atoms with van der Waals surface area (Å²) in [6.07, 6.45) is 0.204. The number of hydrogen-bond acceptors (Lipinski definition) is 5. The molecular formula is C17H19BrN4O2. The third-order valence-electron chi connectivity index (χ3n) is 3.17. The number of esters is 1. The van der Waals surface area contributed by atoms with Gasteiger partial charge in [-0.15, -0.1) is 0 Å². The quantitative estimate of drug-likeness (QED) is 0.809. The fraction of sp³-hybridized carbons (Fsp3) is 0.353. The molecule has 0 atom stereocenters. The van der Waals surface area contributed by atoms with E-state index in [2.05, 4.69) is 20.9 Å². The van der Waals surface area contributed by atoms with Crippen LogP contribution in [-0.2, 0) is 22.5 Å². The van der Waals surface area contributed by atoms with E-state index in [1.165, 1.54) is 0 Å². The van der Waals surface area contributed by atoms with E-state index >= 15 is 0 Å². The van der Waals surface area contributed by atoms with E-state index in [4.69, 9.17) is 15.7 Å². The van der Waals surface area contributed by atoms with Gasteiger partial charge in [-0.25, -0.2) is 4.98 Å². The Bertz CT molecular complexity index is 800. The Morgan fingerprint density at radius 1 is 1.42 bits per heavy atom. The van der Waals surface area contributed by atoms with E-state index in [-0.39, 0.29) is 18.1 Å². The molecule has 0 spiro atoms. The molecule has 0 unspecified atom stereocenters. The van der Waals surface area contributed by atoms with Crippen LogP contribution in [0.4, 0.5) is 5.82 Å². The van der Waals surface area contributed by atoms with Crippen LogP contribution in [0.1, 0.15) is 37.6 Å². The predicted molar refractivity (Wildman–Crippen MR) is 94.1 cm³/mol. The lowest BCUT2D eigenvalue weighted by Crippen LogP contribution is -2.24. The Morgan fingerprint density at radius 3 is 2.67 bits per heavy atom. The second kappa shape index (κ2) is 7.05. The van der Waals surface area contributed by atoms with Gasteiger partial charge in [0.25, 0.3) is 0 Å². The maximum Gasteiger partial charge on any atom is 0.310 e. The molecule has 0 bridgehead atoms. The number of aromatic nitrogens is 2. The summed E-state index contributed by atoms with van der Waals surface area (Å²) in [5, 5.41) is 8.98. The molecule has 0 saturated heterocycles. The molecular weight excluding hydrogens is 372 g/mol. The first kappa shape index (κ1) is 18.0. The molecule has 126 valence electrons. The molecule has 0 aliphatic heterocycles. The molecule has 0 fully saturated rings. The van der Waals surface area contributed by atoms with Crippen molar-refractivity contribution in [3.05, 3.63) is 45.8 Å². The van der Waals surface area contributed by atoms with Crippen molar-refractivity contribution < 1.29 is 9.53 Å². The van der Waals surface area contributed by atoms with Crippen molar-refractivity contribution in [1.82, 2.24) is 9.55 Å². The van der Waals surface area contributed by atoms with Crippen LogP contribution in [0.5, 0.6) is 0 Å². The minimum Gasteiger partial charge on any atom is -0.460 e. The number of anilines is 1. The van der Waals surface area contributed by atoms with Crippen LogP contribution in [0.2, 0.25) is 0 Å². The number of nitriles is 1. The molecule has 24 heavy (non-hydrogen) atoms. The maximum absolute atomic E-state index is 11.9. The lowest BCUT2D eigenvalue weighted by Gasteiger charge is -2.19. The van der Waals surface area contributed by atoms with Gasteiger partial charge in [0.1, 0.15) is 17.5 Å². The number of nitrogens with zero attached hydrogens (tertiary/aromatic N) is 3. The number of benzene rings is 1. The van der Waals surface area contributed by atoms with Crippen molar-refractivity contribution in [3.8, 4) is 6.07 Å². The van der Waals surface area contributed by atoms with Crippen molar-refractivity contribution >= 4 is 27.7 Å². The molecule has 2 N–H and O–H groups in total. The highest BCUT2D eigenvalue weighted by Crippen LogP contribution is 2.21. The van der Waals surface area contributed by atoms with E-state index in [1.807, 2.05) is 51.1 Å². The molecule has 7 heteroatoms. The number of carbonyl (C=O) groups is 1. The molecule has 1 aromatic carbocycles. The molecule has 6 nitrogen and oxygen atoms in total. The SMILES string of the molecule is CC(C)(C)OC(=O)Cc1cccc(Cn2c(Br)nc(C#N)c2N)c1. The Morgan fingerprint density at radius 2 is 2.08 bits per heavy atom. The van der Waals surface area contributed by atoms with E-state index in [9.17, 15) is 4.79 Å². The second-order valence-electron chi connectivity index (χ2n) is 6.40. The highest BCUT2D eigenvalue weighted by atomic mass is 79.9. The van der Waals surface area contributed by atoms with Crippen LogP contribution >= 0.6 is 15.9 Å². The summed E-state index contributed by atoms with van der Waals surface area (Å²) in [6.45, 7) is 5.97. The Kier molecular flexibility index (Phi) is 5.30. The number of halogens is 1. The topological polar surface area (TPSA) is 93.9 Å². The average Bonchev–Trinajstić information content (AvgIpc) is 2.73. The molecule has 1 aromatic heterocycles. The standard InChI is InChI=1S/C17H19BrN4O2/c1-17(2,3)24-14(23)8-11-5-4-6-12(7-11)10-22-15(20)13(9-19)21-16(22)18/h4-7H,8,10,20H2,1-3H3. The first-order chi connectivity index (χ1) is 11.2. The maximum atomic E-state index is 11.9. The van der Waals surface area contributed by atoms with E-state index in [0.29, 0.717) is 17.1 Å². The summed E-state index contributed by atoms with van der Waals surface area (Å²) < 4.78 is 7.53. The van der Waals surface area contributed by atoms with Crippen LogP contribution in [0, 0.1) is 11.3 Å². The van der Waals surface area contributed by atoms with Gasteiger partial charge in [-0.2, -0.15) is 5.26 Å². The normalized spacial score (nSPS) is 11.1. The Balaban J connectivity index is 2.16. The van der Waals surface area contributed by atoms with Crippen molar-refractivity contribution in [3.63, 3.8) is 0 Å². The average molecular weight is 391 g/mol. The number of hydrogen-bond donors (Lipinski definition) is 1. The number of nitrogens with two attached hydrogens (primary N) is 1. The zero-order chi connectivity index (χ0) is 17.9. The lowest BCUT2D eigenvalue weighted by atomic mass is 10.1. The highest BCUT2D eigenvalue weighted by Gasteiger charge is 2.17. The van der Waals surface area contributed by atoms with Crippen molar-refractivity contribution in [2.75, 3.05) is 5.73 Å². The van der Waals surface area contributed by atoms with Crippen molar-refractivity contribution in [2.24, 2.45) is 0 Å². The first-order valence-electron chi connectivity index (χ1n) is 7.41. The minimum absolute atomic E-state index is 0.187. The summed E-state index contributed by atoms with van der Waals surface area (Å²) in [5.41, 5.74) is 7.42. The molecule has 0 aliphatic carbocycles. The van der Waals surface area contributed by atoms with Gasteiger partial charge in [0.15, 0.2) is 10.4 Å². The van der Waals surface area contributed by atoms with Gasteiger partial charge in [-0.3, -0.25) is 4.79 Å². The van der Waals surface area contributed by atoms with E-state index in [1.54, 1.807) is 4.57 Å². The second-order valence-corrected chi connectivity index (χ2v) is 7.11. The van der Waals surface area contributed by atoms with Gasteiger partial charge >= 0.3 is 5.97 Å². The van der Waals surface area contributed by atoms with Crippen LogP contribution in [0.25, 0.3) is 0 Å². The van der Waals surface area contributed by atoms with Gasteiger partial charge in [-0.1, -0.05) is 24.3 Å². The molecule has 0 saturated carbocycles. The van der Waals surface area contributed by atoms with Gasteiger partial charge in [0.2, 0.25) is 0 Å². The molecule has 0 radical (unpaired) electrons. The number of rotatable bonds is 4. The Hall–Kier alpha value is -2.33. The van der Waals surface area contributed by atoms with Crippen LogP contribution in [0.3, 0.4) is 0 Å². The summed E-state index contributed by atoms with van der Waals surface area (Å²) in [6, 6.07) is 9.55. The molecule has 0 amide bonds. The smallest absolute Gasteiger partial charge is 0.310 e. The number of imidazole rings is 1. The molecule has 0 aliphatic rings. The fourth-order valence-electron chi connectivity index (χ4n) is 2.23. The van der Waals surface area contributed by atoms with Crippen LogP contribution in [-0.4, -0.2) is 21.1 Å². The lowest BCUT2D eigenvalue weighted by molar-refractivity contribution is -0.153. The third kappa shape index (κ3) is 4.59. The summed E-state index contributed by atoms with van der Waals surface area (Å²) >= 11 is 3.30. The van der Waals surface area contributed by atoms with Gasteiger partial charge < -0.3 is 15.0 Å². The molecule has 2 aromatic rings. The minimum atomic E-state index is -0.501. The number of nitrogen functional groups attached to an aromatic ring is 1. The molecule has 2 rings (SSSR count). The third-order valence-corrected chi connectivity index (χ3v) is 3.77. The zero-order valence-electron chi connectivity index (χ0n) is 13.8. The fourth-order valence-corrected chi connectivity index (χ4v) is 2.73. The van der Waals surface area contributed by atoms with Crippen molar-refractivity contribution in [2.45, 2.75) is 39.3 Å². The number of ether oxygens (including phenoxy) is 1. The van der Waals surface area contributed by atoms with Crippen LogP contribution in [0.15, 0.2) is 29.0 Å². The summed E-state index contributed by atoms with van der Waals surface area (Å²) in [7, 11) is 0.